The van der Waals surface area contributed by atoms with Gasteiger partial charge >= 0.3 is 11.9 Å². The summed E-state index contributed by atoms with van der Waals surface area (Å²) in [7, 11) is 0. The molecule has 0 N–H and O–H groups in total. The molecule has 6 nitrogen and oxygen atoms in total. The van der Waals surface area contributed by atoms with Crippen molar-refractivity contribution in [1.82, 2.24) is 0 Å². The van der Waals surface area contributed by atoms with E-state index in [-0.39, 0.29) is 5.44 Å². The fourth-order valence-electron chi connectivity index (χ4n) is 2.89. The lowest BCUT2D eigenvalue weighted by molar-refractivity contribution is -0.232. The summed E-state index contributed by atoms with van der Waals surface area (Å²) in [6, 6.07) is 9.71. The fourth-order valence-corrected chi connectivity index (χ4v) is 3.90. The molecule has 1 aromatic rings. The van der Waals surface area contributed by atoms with Crippen LogP contribution in [0.4, 0.5) is 0 Å². The lowest BCUT2D eigenvalue weighted by Crippen LogP contribution is -2.59. The van der Waals surface area contributed by atoms with E-state index in [4.69, 9.17) is 18.9 Å². The lowest BCUT2D eigenvalue weighted by Gasteiger charge is -2.44. The number of esters is 2. The standard InChI is InChI=1S/C19H26O6S/c1-5-26-19-18(22-11-15-9-7-6-8-10-15)17(25-14(4)21)16(12(2)23-19)24-13(3)20/h6-10,12,16-19H,5,11H2,1-4H3/t12-,16+,17+,18-,19+/m0/s1. The number of thioether (sulfide) groups is 1. The molecule has 144 valence electrons. The van der Waals surface area contributed by atoms with Crippen molar-refractivity contribution in [3.05, 3.63) is 35.9 Å². The molecule has 1 heterocycles. The molecular weight excluding hydrogens is 356 g/mol. The zero-order valence-electron chi connectivity index (χ0n) is 15.5. The number of carbonyl (C=O) groups excluding carboxylic acids is 2. The van der Waals surface area contributed by atoms with Crippen LogP contribution in [0, 0.1) is 0 Å². The van der Waals surface area contributed by atoms with Gasteiger partial charge in [-0.1, -0.05) is 37.3 Å². The van der Waals surface area contributed by atoms with Gasteiger partial charge in [0.15, 0.2) is 12.2 Å². The summed E-state index contributed by atoms with van der Waals surface area (Å²) in [5.74, 6) is -0.0889. The van der Waals surface area contributed by atoms with Gasteiger partial charge in [0.25, 0.3) is 0 Å². The van der Waals surface area contributed by atoms with Crippen molar-refractivity contribution in [2.45, 2.75) is 64.2 Å². The number of hydrogen-bond donors (Lipinski definition) is 0. The molecule has 1 fully saturated rings. The molecule has 0 aliphatic carbocycles. The summed E-state index contributed by atoms with van der Waals surface area (Å²) in [4.78, 5) is 23.2. The molecule has 1 aliphatic rings. The van der Waals surface area contributed by atoms with Crippen LogP contribution in [0.1, 0.15) is 33.3 Å². The lowest BCUT2D eigenvalue weighted by atomic mass is 10.00. The SMILES string of the molecule is CCS[C@H]1O[C@@H](C)[C@@H](OC(C)=O)[C@@H](OC(C)=O)[C@@H]1OCc1ccccc1. The molecule has 26 heavy (non-hydrogen) atoms. The molecular formula is C19H26O6S. The first-order valence-electron chi connectivity index (χ1n) is 8.69. The summed E-state index contributed by atoms with van der Waals surface area (Å²) in [6.45, 7) is 6.83. The fraction of sp³-hybridized carbons (Fsp3) is 0.579. The summed E-state index contributed by atoms with van der Waals surface area (Å²) in [5, 5.41) is 0. The largest absolute Gasteiger partial charge is 0.456 e. The Bertz CT molecular complexity index is 593. The molecule has 2 rings (SSSR count). The summed E-state index contributed by atoms with van der Waals surface area (Å²) in [5.41, 5.74) is 0.673. The van der Waals surface area contributed by atoms with Crippen LogP contribution < -0.4 is 0 Å². The van der Waals surface area contributed by atoms with Crippen LogP contribution in [-0.2, 0) is 35.1 Å². The monoisotopic (exact) mass is 382 g/mol. The quantitative estimate of drug-likeness (QED) is 0.672. The minimum atomic E-state index is -0.729. The molecule has 0 aromatic heterocycles. The van der Waals surface area contributed by atoms with Crippen LogP contribution in [0.2, 0.25) is 0 Å². The zero-order chi connectivity index (χ0) is 19.1. The molecule has 1 aromatic carbocycles. The van der Waals surface area contributed by atoms with Gasteiger partial charge in [-0.15, -0.1) is 11.8 Å². The third kappa shape index (κ3) is 5.72. The van der Waals surface area contributed by atoms with E-state index in [1.54, 1.807) is 18.7 Å². The second-order valence-electron chi connectivity index (χ2n) is 6.07. The van der Waals surface area contributed by atoms with Crippen LogP contribution in [0.25, 0.3) is 0 Å². The summed E-state index contributed by atoms with van der Waals surface area (Å²) in [6.07, 6.45) is -2.41. The van der Waals surface area contributed by atoms with Gasteiger partial charge in [0.1, 0.15) is 11.5 Å². The first-order chi connectivity index (χ1) is 12.4. The highest BCUT2D eigenvalue weighted by Crippen LogP contribution is 2.34. The minimum absolute atomic E-state index is 0.324. The second kappa shape index (κ2) is 9.94. The number of benzene rings is 1. The maximum atomic E-state index is 11.7. The van der Waals surface area contributed by atoms with Gasteiger partial charge in [0.2, 0.25) is 0 Å². The summed E-state index contributed by atoms with van der Waals surface area (Å²) < 4.78 is 23.0. The molecule has 0 radical (unpaired) electrons. The van der Waals surface area contributed by atoms with Crippen molar-refractivity contribution in [2.24, 2.45) is 0 Å². The van der Waals surface area contributed by atoms with Crippen molar-refractivity contribution in [3.63, 3.8) is 0 Å². The van der Waals surface area contributed by atoms with Crippen molar-refractivity contribution in [2.75, 3.05) is 5.75 Å². The average Bonchev–Trinajstić information content (AvgIpc) is 2.58. The zero-order valence-corrected chi connectivity index (χ0v) is 16.4. The number of hydrogen-bond acceptors (Lipinski definition) is 7. The Labute approximate surface area is 158 Å². The van der Waals surface area contributed by atoms with Gasteiger partial charge in [0, 0.05) is 13.8 Å². The van der Waals surface area contributed by atoms with Crippen LogP contribution in [0.15, 0.2) is 30.3 Å². The molecule has 0 spiro atoms. The third-order valence-corrected chi connectivity index (χ3v) is 4.99. The van der Waals surface area contributed by atoms with Gasteiger partial charge in [-0.2, -0.15) is 0 Å². The number of carbonyl (C=O) groups is 2. The Balaban J connectivity index is 2.23. The summed E-state index contributed by atoms with van der Waals surface area (Å²) >= 11 is 1.57. The highest BCUT2D eigenvalue weighted by atomic mass is 32.2. The highest BCUT2D eigenvalue weighted by molar-refractivity contribution is 7.99. The van der Waals surface area contributed by atoms with Crippen molar-refractivity contribution in [3.8, 4) is 0 Å². The van der Waals surface area contributed by atoms with Crippen LogP contribution in [0.5, 0.6) is 0 Å². The molecule has 7 heteroatoms. The number of rotatable bonds is 7. The normalized spacial score (nSPS) is 28.4. The Hall–Kier alpha value is -1.57. The van der Waals surface area contributed by atoms with E-state index in [1.807, 2.05) is 37.3 Å². The van der Waals surface area contributed by atoms with E-state index in [1.165, 1.54) is 13.8 Å². The van der Waals surface area contributed by atoms with Gasteiger partial charge in [-0.25, -0.2) is 0 Å². The van der Waals surface area contributed by atoms with E-state index in [9.17, 15) is 9.59 Å². The van der Waals surface area contributed by atoms with E-state index in [0.29, 0.717) is 6.61 Å². The third-order valence-electron chi connectivity index (χ3n) is 3.95. The topological polar surface area (TPSA) is 71.1 Å². The van der Waals surface area contributed by atoms with Crippen molar-refractivity contribution >= 4 is 23.7 Å². The van der Waals surface area contributed by atoms with Gasteiger partial charge in [-0.3, -0.25) is 9.59 Å². The highest BCUT2D eigenvalue weighted by Gasteiger charge is 2.49. The molecule has 0 unspecified atom stereocenters. The molecule has 1 saturated heterocycles. The first-order valence-corrected chi connectivity index (χ1v) is 9.74. The maximum absolute atomic E-state index is 11.7. The minimum Gasteiger partial charge on any atom is -0.456 e. The van der Waals surface area contributed by atoms with Crippen LogP contribution in [-0.4, -0.2) is 47.5 Å². The van der Waals surface area contributed by atoms with Crippen LogP contribution >= 0.6 is 11.8 Å². The Morgan fingerprint density at radius 1 is 1.04 bits per heavy atom. The molecule has 0 saturated carbocycles. The van der Waals surface area contributed by atoms with E-state index < -0.39 is 36.4 Å². The molecule has 0 bridgehead atoms. The number of ether oxygens (including phenoxy) is 4. The van der Waals surface area contributed by atoms with E-state index in [2.05, 4.69) is 0 Å². The smallest absolute Gasteiger partial charge is 0.303 e. The predicted octanol–water partition coefficient (Wildman–Crippen LogP) is 2.93. The predicted molar refractivity (Wildman–Crippen MR) is 98.6 cm³/mol. The Morgan fingerprint density at radius 3 is 2.23 bits per heavy atom. The van der Waals surface area contributed by atoms with Gasteiger partial charge in [-0.05, 0) is 18.2 Å². The van der Waals surface area contributed by atoms with E-state index >= 15 is 0 Å². The van der Waals surface area contributed by atoms with Crippen LogP contribution in [0.3, 0.4) is 0 Å². The molecule has 5 atom stereocenters. The Kier molecular flexibility index (Phi) is 7.93. The van der Waals surface area contributed by atoms with Gasteiger partial charge in [0.05, 0.1) is 12.7 Å². The first kappa shape index (κ1) is 20.7. The van der Waals surface area contributed by atoms with Crippen molar-refractivity contribution in [1.29, 1.82) is 0 Å². The van der Waals surface area contributed by atoms with Gasteiger partial charge < -0.3 is 18.9 Å². The Morgan fingerprint density at radius 2 is 1.65 bits per heavy atom. The van der Waals surface area contributed by atoms with Crippen molar-refractivity contribution < 1.29 is 28.5 Å². The molecule has 0 amide bonds. The second-order valence-corrected chi connectivity index (χ2v) is 7.45. The maximum Gasteiger partial charge on any atom is 0.303 e. The van der Waals surface area contributed by atoms with E-state index in [0.717, 1.165) is 11.3 Å². The average molecular weight is 382 g/mol. The molecule has 1 aliphatic heterocycles.